The summed E-state index contributed by atoms with van der Waals surface area (Å²) in [5.41, 5.74) is 7.14. The summed E-state index contributed by atoms with van der Waals surface area (Å²) in [5.74, 6) is -1.68. The van der Waals surface area contributed by atoms with E-state index in [1.165, 1.54) is 18.2 Å². The monoisotopic (exact) mass is 429 g/mol. The highest BCUT2D eigenvalue weighted by atomic mass is 19.1. The van der Waals surface area contributed by atoms with Crippen LogP contribution in [0.3, 0.4) is 0 Å². The van der Waals surface area contributed by atoms with Crippen LogP contribution in [0, 0.1) is 17.6 Å². The molecule has 0 spiro atoms. The molecule has 2 aromatic carbocycles. The molecule has 0 aliphatic carbocycles. The minimum Gasteiger partial charge on any atom is -0.348 e. The number of hydrogen-bond acceptors (Lipinski definition) is 3. The molecule has 1 saturated heterocycles. The number of amides is 2. The van der Waals surface area contributed by atoms with Crippen LogP contribution in [-0.4, -0.2) is 35.3 Å². The van der Waals surface area contributed by atoms with E-state index in [1.807, 2.05) is 20.8 Å². The minimum atomic E-state index is -0.628. The summed E-state index contributed by atoms with van der Waals surface area (Å²) < 4.78 is 28.0. The summed E-state index contributed by atoms with van der Waals surface area (Å²) in [6.07, 6.45) is 1.35. The van der Waals surface area contributed by atoms with Gasteiger partial charge >= 0.3 is 0 Å². The lowest BCUT2D eigenvalue weighted by Gasteiger charge is -2.29. The third kappa shape index (κ3) is 4.93. The average Bonchev–Trinajstić information content (AvgIpc) is 3.23. The first-order valence-electron chi connectivity index (χ1n) is 10.6. The summed E-state index contributed by atoms with van der Waals surface area (Å²) >= 11 is 0. The van der Waals surface area contributed by atoms with Gasteiger partial charge in [0.2, 0.25) is 11.8 Å². The topological polar surface area (TPSA) is 75.4 Å². The zero-order chi connectivity index (χ0) is 22.7. The molecule has 1 aliphatic rings. The molecule has 2 aromatic rings. The lowest BCUT2D eigenvalue weighted by molar-refractivity contribution is -0.140. The van der Waals surface area contributed by atoms with Crippen molar-refractivity contribution < 1.29 is 18.4 Å². The van der Waals surface area contributed by atoms with E-state index < -0.39 is 23.7 Å². The van der Waals surface area contributed by atoms with Crippen LogP contribution in [0.25, 0.3) is 11.1 Å². The summed E-state index contributed by atoms with van der Waals surface area (Å²) in [6.45, 7) is 6.12. The first-order chi connectivity index (χ1) is 14.7. The highest BCUT2D eigenvalue weighted by molar-refractivity contribution is 5.90. The number of benzene rings is 2. The molecule has 5 nitrogen and oxygen atoms in total. The van der Waals surface area contributed by atoms with Gasteiger partial charge in [0, 0.05) is 6.54 Å². The second-order valence-electron chi connectivity index (χ2n) is 8.41. The van der Waals surface area contributed by atoms with Gasteiger partial charge in [0.25, 0.3) is 0 Å². The van der Waals surface area contributed by atoms with Gasteiger partial charge in [-0.25, -0.2) is 8.78 Å². The van der Waals surface area contributed by atoms with Crippen molar-refractivity contribution in [3.63, 3.8) is 0 Å². The van der Waals surface area contributed by atoms with Crippen LogP contribution in [0.15, 0.2) is 42.5 Å². The molecule has 0 bridgehead atoms. The molecule has 7 heteroatoms. The van der Waals surface area contributed by atoms with Gasteiger partial charge in [0.05, 0.1) is 17.6 Å². The van der Waals surface area contributed by atoms with Crippen molar-refractivity contribution in [2.24, 2.45) is 11.7 Å². The Morgan fingerprint density at radius 3 is 2.26 bits per heavy atom. The SMILES string of the molecule is CC(NC(=O)C1CCCN1C(=O)C(N)C(C)C)c1ccc(-c2c(F)cccc2F)cc1. The molecule has 1 heterocycles. The fourth-order valence-corrected chi connectivity index (χ4v) is 3.88. The third-order valence-electron chi connectivity index (χ3n) is 5.86. The van der Waals surface area contributed by atoms with Crippen molar-refractivity contribution in [3.8, 4) is 11.1 Å². The Balaban J connectivity index is 1.69. The fraction of sp³-hybridized carbons (Fsp3) is 0.417. The lowest BCUT2D eigenvalue weighted by atomic mass is 10.00. The van der Waals surface area contributed by atoms with E-state index in [0.717, 1.165) is 12.0 Å². The van der Waals surface area contributed by atoms with Crippen molar-refractivity contribution in [1.29, 1.82) is 0 Å². The van der Waals surface area contributed by atoms with E-state index in [2.05, 4.69) is 5.32 Å². The van der Waals surface area contributed by atoms with Crippen LogP contribution in [0.4, 0.5) is 8.78 Å². The number of carbonyl (C=O) groups excluding carboxylic acids is 2. The normalized spacial score (nSPS) is 18.2. The van der Waals surface area contributed by atoms with Crippen LogP contribution in [0.5, 0.6) is 0 Å². The quantitative estimate of drug-likeness (QED) is 0.734. The second kappa shape index (κ2) is 9.56. The Bertz CT molecular complexity index is 926. The Kier molecular flexibility index (Phi) is 7.05. The van der Waals surface area contributed by atoms with Gasteiger partial charge in [-0.3, -0.25) is 9.59 Å². The molecular formula is C24H29F2N3O2. The zero-order valence-corrected chi connectivity index (χ0v) is 18.1. The van der Waals surface area contributed by atoms with Crippen LogP contribution < -0.4 is 11.1 Å². The summed E-state index contributed by atoms with van der Waals surface area (Å²) in [4.78, 5) is 27.1. The lowest BCUT2D eigenvalue weighted by Crippen LogP contribution is -2.52. The van der Waals surface area contributed by atoms with E-state index in [1.54, 1.807) is 29.2 Å². The Labute approximate surface area is 181 Å². The molecule has 0 radical (unpaired) electrons. The third-order valence-corrected chi connectivity index (χ3v) is 5.86. The van der Waals surface area contributed by atoms with E-state index in [9.17, 15) is 18.4 Å². The van der Waals surface area contributed by atoms with Gasteiger partial charge in [-0.15, -0.1) is 0 Å². The van der Waals surface area contributed by atoms with Crippen LogP contribution in [0.2, 0.25) is 0 Å². The molecule has 2 amide bonds. The largest absolute Gasteiger partial charge is 0.348 e. The maximum Gasteiger partial charge on any atom is 0.243 e. The number of carbonyl (C=O) groups is 2. The molecule has 0 saturated carbocycles. The molecular weight excluding hydrogens is 400 g/mol. The van der Waals surface area contributed by atoms with E-state index >= 15 is 0 Å². The number of rotatable bonds is 6. The molecule has 31 heavy (non-hydrogen) atoms. The summed E-state index contributed by atoms with van der Waals surface area (Å²) in [6, 6.07) is 9.00. The number of nitrogens with zero attached hydrogens (tertiary/aromatic N) is 1. The van der Waals surface area contributed by atoms with Gasteiger partial charge in [0.15, 0.2) is 0 Å². The van der Waals surface area contributed by atoms with Gasteiger partial charge in [-0.05, 0) is 48.9 Å². The predicted molar refractivity (Wildman–Crippen MR) is 116 cm³/mol. The Morgan fingerprint density at radius 2 is 1.68 bits per heavy atom. The number of hydrogen-bond donors (Lipinski definition) is 2. The maximum atomic E-state index is 14.0. The van der Waals surface area contributed by atoms with Crippen LogP contribution in [-0.2, 0) is 9.59 Å². The number of nitrogens with one attached hydrogen (secondary N) is 1. The first kappa shape index (κ1) is 22.9. The number of nitrogens with two attached hydrogens (primary N) is 1. The summed E-state index contributed by atoms with van der Waals surface area (Å²) in [5, 5.41) is 2.95. The first-order valence-corrected chi connectivity index (χ1v) is 10.6. The fourth-order valence-electron chi connectivity index (χ4n) is 3.88. The van der Waals surface area contributed by atoms with Crippen molar-refractivity contribution in [3.05, 3.63) is 59.7 Å². The molecule has 1 fully saturated rings. The van der Waals surface area contributed by atoms with E-state index in [0.29, 0.717) is 18.5 Å². The number of likely N-dealkylation sites (tertiary alicyclic amines) is 1. The maximum absolute atomic E-state index is 14.0. The van der Waals surface area contributed by atoms with Crippen molar-refractivity contribution in [2.45, 2.75) is 51.7 Å². The van der Waals surface area contributed by atoms with Gasteiger partial charge < -0.3 is 16.0 Å². The molecule has 3 rings (SSSR count). The van der Waals surface area contributed by atoms with E-state index in [-0.39, 0.29) is 29.3 Å². The van der Waals surface area contributed by atoms with Crippen molar-refractivity contribution >= 4 is 11.8 Å². The standard InChI is InChI=1S/C24H29F2N3O2/c1-14(2)22(27)24(31)29-13-5-8-20(29)23(30)28-15(3)16-9-11-17(12-10-16)21-18(25)6-4-7-19(21)26/h4,6-7,9-12,14-15,20,22H,5,8,13,27H2,1-3H3,(H,28,30). The number of halogens is 2. The van der Waals surface area contributed by atoms with Crippen molar-refractivity contribution in [2.75, 3.05) is 6.54 Å². The molecule has 1 aliphatic heterocycles. The molecule has 0 aromatic heterocycles. The van der Waals surface area contributed by atoms with Crippen LogP contribution >= 0.6 is 0 Å². The summed E-state index contributed by atoms with van der Waals surface area (Å²) in [7, 11) is 0. The molecule has 3 N–H and O–H groups in total. The zero-order valence-electron chi connectivity index (χ0n) is 18.1. The molecule has 166 valence electrons. The minimum absolute atomic E-state index is 0.00598. The van der Waals surface area contributed by atoms with Gasteiger partial charge in [0.1, 0.15) is 17.7 Å². The smallest absolute Gasteiger partial charge is 0.243 e. The highest BCUT2D eigenvalue weighted by Gasteiger charge is 2.37. The van der Waals surface area contributed by atoms with E-state index in [4.69, 9.17) is 5.73 Å². The van der Waals surface area contributed by atoms with Gasteiger partial charge in [-0.1, -0.05) is 44.2 Å². The van der Waals surface area contributed by atoms with Crippen LogP contribution in [0.1, 0.15) is 45.2 Å². The second-order valence-corrected chi connectivity index (χ2v) is 8.41. The Morgan fingerprint density at radius 1 is 1.06 bits per heavy atom. The van der Waals surface area contributed by atoms with Gasteiger partial charge in [-0.2, -0.15) is 0 Å². The molecule has 3 atom stereocenters. The van der Waals surface area contributed by atoms with Crippen molar-refractivity contribution in [1.82, 2.24) is 10.2 Å². The molecule has 3 unspecified atom stereocenters. The Hall–Kier alpha value is -2.80. The highest BCUT2D eigenvalue weighted by Crippen LogP contribution is 2.27. The average molecular weight is 430 g/mol. The predicted octanol–water partition coefficient (Wildman–Crippen LogP) is 3.78.